The Kier molecular flexibility index (Phi) is 3.16. The van der Waals surface area contributed by atoms with E-state index in [9.17, 15) is 14.7 Å². The molecule has 110 valence electrons. The lowest BCUT2D eigenvalue weighted by molar-refractivity contribution is -0.150. The Morgan fingerprint density at radius 3 is 2.95 bits per heavy atom. The first kappa shape index (κ1) is 13.6. The van der Waals surface area contributed by atoms with Gasteiger partial charge in [-0.2, -0.15) is 5.10 Å². The molecule has 1 aromatic heterocycles. The van der Waals surface area contributed by atoms with Gasteiger partial charge in [0.25, 0.3) is 5.91 Å². The van der Waals surface area contributed by atoms with Crippen molar-refractivity contribution in [2.45, 2.75) is 31.7 Å². The maximum atomic E-state index is 12.7. The quantitative estimate of drug-likeness (QED) is 0.885. The number of aromatic amines is 1. The van der Waals surface area contributed by atoms with E-state index >= 15 is 0 Å². The number of aromatic nitrogens is 2. The highest BCUT2D eigenvalue weighted by atomic mass is 16.4. The number of carboxylic acid groups (broad SMARTS) is 1. The smallest absolute Gasteiger partial charge is 0.329 e. The highest BCUT2D eigenvalue weighted by Crippen LogP contribution is 2.30. The monoisotopic (exact) mass is 287 g/mol. The maximum absolute atomic E-state index is 12.7. The summed E-state index contributed by atoms with van der Waals surface area (Å²) in [7, 11) is 0. The topological polar surface area (TPSA) is 86.3 Å². The number of hydrogen-bond donors (Lipinski definition) is 2. The number of amides is 1. The van der Waals surface area contributed by atoms with E-state index in [1.54, 1.807) is 25.3 Å². The molecule has 0 spiro atoms. The molecule has 0 aliphatic carbocycles. The first-order chi connectivity index (χ1) is 10.0. The van der Waals surface area contributed by atoms with E-state index in [1.165, 1.54) is 4.90 Å². The Morgan fingerprint density at radius 2 is 2.19 bits per heavy atom. The minimum Gasteiger partial charge on any atom is -0.480 e. The lowest BCUT2D eigenvalue weighted by Crippen LogP contribution is -2.57. The van der Waals surface area contributed by atoms with E-state index in [-0.39, 0.29) is 5.91 Å². The van der Waals surface area contributed by atoms with Gasteiger partial charge >= 0.3 is 5.97 Å². The van der Waals surface area contributed by atoms with Gasteiger partial charge in [0.2, 0.25) is 0 Å². The van der Waals surface area contributed by atoms with Crippen molar-refractivity contribution < 1.29 is 14.7 Å². The van der Waals surface area contributed by atoms with Crippen LogP contribution in [0.1, 0.15) is 36.5 Å². The molecule has 1 aromatic carbocycles. The van der Waals surface area contributed by atoms with Crippen LogP contribution in [0.25, 0.3) is 10.9 Å². The Bertz CT molecular complexity index is 709. The fourth-order valence-corrected chi connectivity index (χ4v) is 2.89. The second-order valence-corrected chi connectivity index (χ2v) is 5.66. The summed E-state index contributed by atoms with van der Waals surface area (Å²) in [5, 5.41) is 17.2. The third-order valence-electron chi connectivity index (χ3n) is 4.29. The Labute approximate surface area is 121 Å². The van der Waals surface area contributed by atoms with Crippen LogP contribution >= 0.6 is 0 Å². The summed E-state index contributed by atoms with van der Waals surface area (Å²) in [6.07, 6.45) is 3.83. The highest BCUT2D eigenvalue weighted by Gasteiger charge is 2.44. The summed E-state index contributed by atoms with van der Waals surface area (Å²) < 4.78 is 0. The molecule has 0 radical (unpaired) electrons. The molecule has 1 saturated heterocycles. The molecule has 1 unspecified atom stereocenters. The maximum Gasteiger partial charge on any atom is 0.329 e. The van der Waals surface area contributed by atoms with Gasteiger partial charge in [0.15, 0.2) is 0 Å². The van der Waals surface area contributed by atoms with E-state index in [0.29, 0.717) is 18.5 Å². The number of nitrogens with one attached hydrogen (secondary N) is 1. The molecule has 0 saturated carbocycles. The molecule has 1 atom stereocenters. The highest BCUT2D eigenvalue weighted by molar-refractivity contribution is 6.00. The molecule has 21 heavy (non-hydrogen) atoms. The first-order valence-corrected chi connectivity index (χ1v) is 7.01. The molecule has 1 amide bonds. The van der Waals surface area contributed by atoms with Crippen molar-refractivity contribution in [3.05, 3.63) is 30.0 Å². The molecule has 1 aliphatic rings. The number of likely N-dealkylation sites (tertiary alicyclic amines) is 1. The summed E-state index contributed by atoms with van der Waals surface area (Å²) in [5.74, 6) is -1.19. The second-order valence-electron chi connectivity index (χ2n) is 5.66. The van der Waals surface area contributed by atoms with Gasteiger partial charge in [-0.15, -0.1) is 0 Å². The van der Waals surface area contributed by atoms with Crippen molar-refractivity contribution in [2.75, 3.05) is 6.54 Å². The van der Waals surface area contributed by atoms with Crippen molar-refractivity contribution in [1.29, 1.82) is 0 Å². The van der Waals surface area contributed by atoms with E-state index in [4.69, 9.17) is 0 Å². The predicted octanol–water partition coefficient (Wildman–Crippen LogP) is 2.03. The van der Waals surface area contributed by atoms with Crippen LogP contribution in [0.15, 0.2) is 24.4 Å². The number of aliphatic carboxylic acids is 1. The van der Waals surface area contributed by atoms with Crippen molar-refractivity contribution >= 4 is 22.8 Å². The predicted molar refractivity (Wildman–Crippen MR) is 77.0 cm³/mol. The molecule has 1 fully saturated rings. The summed E-state index contributed by atoms with van der Waals surface area (Å²) in [5.41, 5.74) is 0.133. The largest absolute Gasteiger partial charge is 0.480 e. The van der Waals surface area contributed by atoms with Crippen LogP contribution in [0, 0.1) is 0 Å². The molecular weight excluding hydrogens is 270 g/mol. The zero-order chi connectivity index (χ0) is 15.0. The number of benzene rings is 1. The summed E-state index contributed by atoms with van der Waals surface area (Å²) >= 11 is 0. The Balaban J connectivity index is 1.97. The summed E-state index contributed by atoms with van der Waals surface area (Å²) in [6, 6.07) is 5.26. The van der Waals surface area contributed by atoms with Gasteiger partial charge in [-0.25, -0.2) is 4.79 Å². The van der Waals surface area contributed by atoms with E-state index in [0.717, 1.165) is 23.7 Å². The fourth-order valence-electron chi connectivity index (χ4n) is 2.89. The van der Waals surface area contributed by atoms with Crippen molar-refractivity contribution in [3.63, 3.8) is 0 Å². The Hall–Kier alpha value is -2.37. The summed E-state index contributed by atoms with van der Waals surface area (Å²) in [6.45, 7) is 2.10. The number of hydrogen-bond acceptors (Lipinski definition) is 3. The van der Waals surface area contributed by atoms with Crippen molar-refractivity contribution in [3.8, 4) is 0 Å². The summed E-state index contributed by atoms with van der Waals surface area (Å²) in [4.78, 5) is 25.8. The molecule has 3 rings (SSSR count). The van der Waals surface area contributed by atoms with Crippen LogP contribution in [-0.4, -0.2) is 44.2 Å². The molecule has 6 nitrogen and oxygen atoms in total. The molecular formula is C15H17N3O3. The SMILES string of the molecule is CC1(C(=O)O)CCCCN1C(=O)c1ccc2cn[nH]c2c1. The fraction of sp³-hybridized carbons (Fsp3) is 0.400. The zero-order valence-corrected chi connectivity index (χ0v) is 11.8. The normalized spacial score (nSPS) is 22.4. The number of piperidine rings is 1. The van der Waals surface area contributed by atoms with Crippen molar-refractivity contribution in [2.24, 2.45) is 0 Å². The van der Waals surface area contributed by atoms with Crippen LogP contribution < -0.4 is 0 Å². The minimum absolute atomic E-state index is 0.240. The third kappa shape index (κ3) is 2.16. The molecule has 6 heteroatoms. The average molecular weight is 287 g/mol. The number of fused-ring (bicyclic) bond motifs is 1. The van der Waals surface area contributed by atoms with Crippen LogP contribution in [0.4, 0.5) is 0 Å². The minimum atomic E-state index is -1.13. The molecule has 2 heterocycles. The molecule has 1 aliphatic heterocycles. The van der Waals surface area contributed by atoms with Gasteiger partial charge in [-0.3, -0.25) is 9.89 Å². The van der Waals surface area contributed by atoms with Gasteiger partial charge in [-0.1, -0.05) is 6.07 Å². The first-order valence-electron chi connectivity index (χ1n) is 7.01. The lowest BCUT2D eigenvalue weighted by atomic mass is 9.88. The lowest BCUT2D eigenvalue weighted by Gasteiger charge is -2.41. The van der Waals surface area contributed by atoms with Gasteiger partial charge in [0.1, 0.15) is 5.54 Å². The van der Waals surface area contributed by atoms with Crippen LogP contribution in [0.5, 0.6) is 0 Å². The molecule has 0 bridgehead atoms. The number of carbonyl (C=O) groups is 2. The van der Waals surface area contributed by atoms with Gasteiger partial charge in [-0.05, 0) is 38.3 Å². The molecule has 2 N–H and O–H groups in total. The van der Waals surface area contributed by atoms with Gasteiger partial charge in [0, 0.05) is 17.5 Å². The number of carboxylic acids is 1. The van der Waals surface area contributed by atoms with Gasteiger partial charge < -0.3 is 10.0 Å². The average Bonchev–Trinajstić information content (AvgIpc) is 2.94. The van der Waals surface area contributed by atoms with Crippen molar-refractivity contribution in [1.82, 2.24) is 15.1 Å². The Morgan fingerprint density at radius 1 is 1.38 bits per heavy atom. The third-order valence-corrected chi connectivity index (χ3v) is 4.29. The number of H-pyrrole nitrogens is 1. The van der Waals surface area contributed by atoms with E-state index < -0.39 is 11.5 Å². The molecule has 2 aromatic rings. The number of carbonyl (C=O) groups excluding carboxylic acids is 1. The number of nitrogens with zero attached hydrogens (tertiary/aromatic N) is 2. The standard InChI is InChI=1S/C15H17N3O3/c1-15(14(20)21)6-2-3-7-18(15)13(19)10-4-5-11-9-16-17-12(11)8-10/h4-5,8-9H,2-3,6-7H2,1H3,(H,16,17)(H,20,21). The van der Waals surface area contributed by atoms with Gasteiger partial charge in [0.05, 0.1) is 11.7 Å². The zero-order valence-electron chi connectivity index (χ0n) is 11.8. The van der Waals surface area contributed by atoms with E-state index in [1.807, 2.05) is 6.07 Å². The van der Waals surface area contributed by atoms with E-state index in [2.05, 4.69) is 10.2 Å². The van der Waals surface area contributed by atoms with Crippen LogP contribution in [0.2, 0.25) is 0 Å². The second kappa shape index (κ2) is 4.87. The number of rotatable bonds is 2. The van der Waals surface area contributed by atoms with Crippen LogP contribution in [0.3, 0.4) is 0 Å². The van der Waals surface area contributed by atoms with Crippen LogP contribution in [-0.2, 0) is 4.79 Å².